The molecule has 12 heteroatoms. The number of aromatic nitrogens is 4. The van der Waals surface area contributed by atoms with Gasteiger partial charge in [0, 0.05) is 24.1 Å². The van der Waals surface area contributed by atoms with E-state index in [-0.39, 0.29) is 28.4 Å². The number of amides is 1. The molecule has 0 aliphatic heterocycles. The number of H-pyrrole nitrogens is 1. The summed E-state index contributed by atoms with van der Waals surface area (Å²) >= 11 is 6.30. The molecule has 0 radical (unpaired) electrons. The highest BCUT2D eigenvalue weighted by atomic mass is 35.5. The average Bonchev–Trinajstić information content (AvgIpc) is 3.50. The van der Waals surface area contributed by atoms with Gasteiger partial charge in [-0.25, -0.2) is 14.3 Å². The molecule has 1 aliphatic rings. The number of benzene rings is 2. The number of aryl methyl sites for hydroxylation is 1. The van der Waals surface area contributed by atoms with Crippen molar-refractivity contribution in [3.8, 4) is 34.2 Å². The summed E-state index contributed by atoms with van der Waals surface area (Å²) in [6.45, 7) is 7.15. The van der Waals surface area contributed by atoms with Gasteiger partial charge in [0.2, 0.25) is 0 Å². The van der Waals surface area contributed by atoms with Gasteiger partial charge >= 0.3 is 6.09 Å². The van der Waals surface area contributed by atoms with Crippen molar-refractivity contribution in [2.75, 3.05) is 0 Å². The normalized spacial score (nSPS) is 14.0. The summed E-state index contributed by atoms with van der Waals surface area (Å²) in [7, 11) is 1.63. The van der Waals surface area contributed by atoms with E-state index >= 15 is 4.39 Å². The quantitative estimate of drug-likeness (QED) is 0.303. The number of halogens is 2. The van der Waals surface area contributed by atoms with E-state index in [1.165, 1.54) is 10.7 Å². The zero-order valence-electron chi connectivity index (χ0n) is 23.2. The summed E-state index contributed by atoms with van der Waals surface area (Å²) in [5.41, 5.74) is 0.192. The van der Waals surface area contributed by atoms with Gasteiger partial charge in [0.15, 0.2) is 5.82 Å². The van der Waals surface area contributed by atoms with E-state index < -0.39 is 28.7 Å². The number of carbonyl (C=O) groups excluding carboxylic acids is 1. The maximum absolute atomic E-state index is 15.7. The number of carbonyl (C=O) groups is 1. The first-order valence-corrected chi connectivity index (χ1v) is 13.3. The molecule has 41 heavy (non-hydrogen) atoms. The van der Waals surface area contributed by atoms with E-state index in [0.717, 1.165) is 12.8 Å². The first-order chi connectivity index (χ1) is 19.3. The second-order valence-electron chi connectivity index (χ2n) is 11.2. The van der Waals surface area contributed by atoms with Gasteiger partial charge in [0.05, 0.1) is 40.1 Å². The number of nitrogens with one attached hydrogen (secondary N) is 2. The standard InChI is InChI=1S/C29H28ClFN6O4/c1-28(2,3)41-27(39)33-14-21-17-10-15(6-7-16(17)26(38)36-35-21)19-13-34-37(5)25(19)23-18(12-32)22(11-20(30)24(23)31)40-29(4)8-9-29/h6-7,10-11,13H,8-9,14H2,1-5H3,(H,33,39)(H,36,38). The Hall–Kier alpha value is -4.43. The molecule has 0 bridgehead atoms. The molecule has 0 saturated heterocycles. The lowest BCUT2D eigenvalue weighted by molar-refractivity contribution is 0.0523. The molecule has 0 atom stereocenters. The van der Waals surface area contributed by atoms with Crippen LogP contribution in [0.4, 0.5) is 9.18 Å². The van der Waals surface area contributed by atoms with E-state index in [9.17, 15) is 14.9 Å². The Bertz CT molecular complexity index is 1800. The molecular formula is C29H28ClFN6O4. The van der Waals surface area contributed by atoms with Crippen LogP contribution in [-0.2, 0) is 18.3 Å². The third-order valence-corrected chi connectivity index (χ3v) is 7.03. The van der Waals surface area contributed by atoms with Crippen LogP contribution < -0.4 is 15.6 Å². The van der Waals surface area contributed by atoms with Crippen molar-refractivity contribution in [2.45, 2.75) is 58.3 Å². The molecular weight excluding hydrogens is 551 g/mol. The summed E-state index contributed by atoms with van der Waals surface area (Å²) in [6.07, 6.45) is 2.53. The molecule has 2 heterocycles. The highest BCUT2D eigenvalue weighted by Crippen LogP contribution is 2.46. The fourth-order valence-electron chi connectivity index (χ4n) is 4.50. The van der Waals surface area contributed by atoms with Crippen molar-refractivity contribution < 1.29 is 18.7 Å². The van der Waals surface area contributed by atoms with Crippen LogP contribution in [0.1, 0.15) is 51.8 Å². The monoisotopic (exact) mass is 578 g/mol. The van der Waals surface area contributed by atoms with E-state index in [1.807, 2.05) is 6.92 Å². The van der Waals surface area contributed by atoms with Gasteiger partial charge in [0.1, 0.15) is 28.6 Å². The highest BCUT2D eigenvalue weighted by molar-refractivity contribution is 6.31. The molecule has 1 amide bonds. The van der Waals surface area contributed by atoms with Crippen LogP contribution in [0.25, 0.3) is 33.2 Å². The third kappa shape index (κ3) is 5.60. The molecule has 1 saturated carbocycles. The predicted molar refractivity (Wildman–Crippen MR) is 151 cm³/mol. The second kappa shape index (κ2) is 10.2. The number of ether oxygens (including phenoxy) is 2. The zero-order chi connectivity index (χ0) is 29.7. The highest BCUT2D eigenvalue weighted by Gasteiger charge is 2.41. The molecule has 212 valence electrons. The van der Waals surface area contributed by atoms with Gasteiger partial charge in [-0.2, -0.15) is 15.5 Å². The van der Waals surface area contributed by atoms with Crippen LogP contribution in [-0.4, -0.2) is 37.3 Å². The summed E-state index contributed by atoms with van der Waals surface area (Å²) in [4.78, 5) is 24.8. The van der Waals surface area contributed by atoms with Crippen molar-refractivity contribution in [3.05, 3.63) is 62.9 Å². The van der Waals surface area contributed by atoms with Crippen molar-refractivity contribution in [1.29, 1.82) is 5.26 Å². The minimum atomic E-state index is -0.775. The fraction of sp³-hybridized carbons (Fsp3) is 0.345. The molecule has 0 unspecified atom stereocenters. The van der Waals surface area contributed by atoms with Crippen molar-refractivity contribution in [2.24, 2.45) is 7.05 Å². The largest absolute Gasteiger partial charge is 0.486 e. The molecule has 1 fully saturated rings. The lowest BCUT2D eigenvalue weighted by Gasteiger charge is -2.19. The number of hydrogen-bond acceptors (Lipinski definition) is 7. The second-order valence-corrected chi connectivity index (χ2v) is 11.6. The average molecular weight is 579 g/mol. The maximum Gasteiger partial charge on any atom is 0.407 e. The van der Waals surface area contributed by atoms with Crippen LogP contribution in [0.3, 0.4) is 0 Å². The Labute approximate surface area is 240 Å². The van der Waals surface area contributed by atoms with Crippen molar-refractivity contribution in [1.82, 2.24) is 25.3 Å². The van der Waals surface area contributed by atoms with Gasteiger partial charge in [-0.3, -0.25) is 9.48 Å². The molecule has 10 nitrogen and oxygen atoms in total. The number of aromatic amines is 1. The summed E-state index contributed by atoms with van der Waals surface area (Å²) < 4.78 is 28.5. The maximum atomic E-state index is 15.7. The number of hydrogen-bond donors (Lipinski definition) is 2. The van der Waals surface area contributed by atoms with E-state index in [0.29, 0.717) is 33.3 Å². The SMILES string of the molecule is Cn1ncc(-c2ccc3c(=O)[nH]nc(CNC(=O)OC(C)(C)C)c3c2)c1-c1c(F)c(Cl)cc(OC2(C)CC2)c1C#N. The number of rotatable bonds is 6. The minimum absolute atomic E-state index is 0.00558. The summed E-state index contributed by atoms with van der Waals surface area (Å²) in [5, 5.41) is 24.3. The van der Waals surface area contributed by atoms with Gasteiger partial charge in [-0.15, -0.1) is 0 Å². The first kappa shape index (κ1) is 28.1. The molecule has 2 aromatic carbocycles. The Balaban J connectivity index is 1.62. The van der Waals surface area contributed by atoms with E-state index in [1.54, 1.807) is 52.2 Å². The Morgan fingerprint density at radius 2 is 2.02 bits per heavy atom. The Kier molecular flexibility index (Phi) is 6.99. The zero-order valence-corrected chi connectivity index (χ0v) is 23.9. The van der Waals surface area contributed by atoms with Gasteiger partial charge < -0.3 is 14.8 Å². The number of nitrogens with zero attached hydrogens (tertiary/aromatic N) is 4. The number of nitriles is 1. The third-order valence-electron chi connectivity index (χ3n) is 6.76. The van der Waals surface area contributed by atoms with E-state index in [4.69, 9.17) is 21.1 Å². The lowest BCUT2D eigenvalue weighted by Crippen LogP contribution is -2.32. The number of alkyl carbamates (subject to hydrolysis) is 1. The molecule has 4 aromatic rings. The van der Waals surface area contributed by atoms with Gasteiger partial charge in [0.25, 0.3) is 5.56 Å². The minimum Gasteiger partial charge on any atom is -0.486 e. The molecule has 0 spiro atoms. The lowest BCUT2D eigenvalue weighted by atomic mass is 9.95. The summed E-state index contributed by atoms with van der Waals surface area (Å²) in [6, 6.07) is 8.44. The molecule has 2 N–H and O–H groups in total. The summed E-state index contributed by atoms with van der Waals surface area (Å²) in [5.74, 6) is -0.576. The van der Waals surface area contributed by atoms with Crippen molar-refractivity contribution in [3.63, 3.8) is 0 Å². The first-order valence-electron chi connectivity index (χ1n) is 12.9. The molecule has 5 rings (SSSR count). The van der Waals surface area contributed by atoms with Crippen LogP contribution in [0.15, 0.2) is 35.3 Å². The smallest absolute Gasteiger partial charge is 0.407 e. The molecule has 2 aromatic heterocycles. The topological polar surface area (TPSA) is 135 Å². The van der Waals surface area contributed by atoms with Crippen LogP contribution >= 0.6 is 11.6 Å². The van der Waals surface area contributed by atoms with Crippen LogP contribution in [0.5, 0.6) is 5.75 Å². The van der Waals surface area contributed by atoms with Crippen LogP contribution in [0, 0.1) is 17.1 Å². The van der Waals surface area contributed by atoms with Crippen LogP contribution in [0.2, 0.25) is 5.02 Å². The Morgan fingerprint density at radius 1 is 1.29 bits per heavy atom. The van der Waals surface area contributed by atoms with E-state index in [2.05, 4.69) is 26.7 Å². The molecule has 1 aliphatic carbocycles. The van der Waals surface area contributed by atoms with Gasteiger partial charge in [-0.1, -0.05) is 17.7 Å². The predicted octanol–water partition coefficient (Wildman–Crippen LogP) is 5.61. The Morgan fingerprint density at radius 3 is 2.68 bits per heavy atom. The van der Waals surface area contributed by atoms with Gasteiger partial charge in [-0.05, 0) is 58.2 Å². The number of fused-ring (bicyclic) bond motifs is 1. The fourth-order valence-corrected chi connectivity index (χ4v) is 4.69. The van der Waals surface area contributed by atoms with Crippen molar-refractivity contribution >= 4 is 28.5 Å².